The van der Waals surface area contributed by atoms with Crippen LogP contribution in [0.2, 0.25) is 0 Å². The number of rotatable bonds is 4. The second-order valence-electron chi connectivity index (χ2n) is 7.01. The molecule has 0 fully saturated rings. The van der Waals surface area contributed by atoms with Gasteiger partial charge in [-0.05, 0) is 55.3 Å². The second-order valence-corrected chi connectivity index (χ2v) is 7.01. The molecule has 0 spiro atoms. The molecule has 2 aromatic rings. The molecule has 3 rings (SSSR count). The number of methoxy groups -OCH3 is 2. The van der Waals surface area contributed by atoms with Gasteiger partial charge in [0, 0.05) is 6.20 Å². The van der Waals surface area contributed by atoms with Crippen LogP contribution in [0.4, 0.5) is 4.79 Å². The summed E-state index contributed by atoms with van der Waals surface area (Å²) in [5, 5.41) is 0. The molecular weight excluding hydrogens is 358 g/mol. The molecule has 28 heavy (non-hydrogen) atoms. The van der Waals surface area contributed by atoms with E-state index in [1.807, 2.05) is 30.3 Å². The van der Waals surface area contributed by atoms with Gasteiger partial charge in [-0.3, -0.25) is 9.69 Å². The minimum Gasteiger partial charge on any atom is -0.497 e. The first-order valence-corrected chi connectivity index (χ1v) is 8.88. The van der Waals surface area contributed by atoms with Crippen molar-refractivity contribution in [2.45, 2.75) is 19.9 Å². The summed E-state index contributed by atoms with van der Waals surface area (Å²) in [6, 6.07) is 13.8. The highest BCUT2D eigenvalue weighted by molar-refractivity contribution is 5.82. The van der Waals surface area contributed by atoms with Crippen LogP contribution >= 0.6 is 0 Å². The summed E-state index contributed by atoms with van der Waals surface area (Å²) in [5.41, 5.74) is 0.805. The lowest BCUT2D eigenvalue weighted by molar-refractivity contribution is -0.154. The number of hydrogen-bond acceptors (Lipinski definition) is 5. The quantitative estimate of drug-likeness (QED) is 0.734. The first kappa shape index (κ1) is 19.5. The molecule has 0 aliphatic carbocycles. The molecule has 6 heteroatoms. The zero-order chi connectivity index (χ0) is 20.3. The summed E-state index contributed by atoms with van der Waals surface area (Å²) in [5.74, 6) is 0.633. The SMILES string of the molecule is COC(=O)C(C)(C)[C@H]1c2ccccc2C=CN1C(=O)Oc1ccc(OC)cc1. The lowest BCUT2D eigenvalue weighted by atomic mass is 9.77. The topological polar surface area (TPSA) is 65.1 Å². The predicted octanol–water partition coefficient (Wildman–Crippen LogP) is 4.42. The van der Waals surface area contributed by atoms with E-state index in [0.717, 1.165) is 11.1 Å². The second kappa shape index (κ2) is 7.76. The Morgan fingerprint density at radius 3 is 2.25 bits per heavy atom. The number of carbonyl (C=O) groups excluding carboxylic acids is 2. The Bertz CT molecular complexity index is 901. The molecule has 0 saturated heterocycles. The van der Waals surface area contributed by atoms with Gasteiger partial charge in [-0.2, -0.15) is 0 Å². The van der Waals surface area contributed by atoms with E-state index in [-0.39, 0.29) is 0 Å². The van der Waals surface area contributed by atoms with Crippen molar-refractivity contribution < 1.29 is 23.8 Å². The van der Waals surface area contributed by atoms with Crippen molar-refractivity contribution in [1.82, 2.24) is 4.90 Å². The van der Waals surface area contributed by atoms with Crippen molar-refractivity contribution in [3.63, 3.8) is 0 Å². The number of ether oxygens (including phenoxy) is 3. The summed E-state index contributed by atoms with van der Waals surface area (Å²) < 4.78 is 15.7. The van der Waals surface area contributed by atoms with E-state index < -0.39 is 23.5 Å². The van der Waals surface area contributed by atoms with Gasteiger partial charge in [0.1, 0.15) is 11.5 Å². The predicted molar refractivity (Wildman–Crippen MR) is 105 cm³/mol. The molecule has 146 valence electrons. The third-order valence-electron chi connectivity index (χ3n) is 4.85. The molecule has 1 heterocycles. The molecule has 1 amide bonds. The third-order valence-corrected chi connectivity index (χ3v) is 4.85. The van der Waals surface area contributed by atoms with Crippen molar-refractivity contribution in [2.75, 3.05) is 14.2 Å². The van der Waals surface area contributed by atoms with E-state index in [1.165, 1.54) is 12.0 Å². The van der Waals surface area contributed by atoms with Gasteiger partial charge >= 0.3 is 12.1 Å². The highest BCUT2D eigenvalue weighted by Gasteiger charge is 2.46. The number of benzene rings is 2. The van der Waals surface area contributed by atoms with Gasteiger partial charge in [0.15, 0.2) is 0 Å². The summed E-state index contributed by atoms with van der Waals surface area (Å²) in [6.07, 6.45) is 2.88. The highest BCUT2D eigenvalue weighted by atomic mass is 16.6. The summed E-state index contributed by atoms with van der Waals surface area (Å²) in [7, 11) is 2.91. The van der Waals surface area contributed by atoms with Crippen LogP contribution in [0, 0.1) is 5.41 Å². The molecule has 1 atom stereocenters. The first-order chi connectivity index (χ1) is 13.4. The zero-order valence-electron chi connectivity index (χ0n) is 16.3. The van der Waals surface area contributed by atoms with Crippen LogP contribution in [0.5, 0.6) is 11.5 Å². The lowest BCUT2D eigenvalue weighted by Gasteiger charge is -2.40. The molecule has 0 bridgehead atoms. The molecule has 0 unspecified atom stereocenters. The van der Waals surface area contributed by atoms with Crippen molar-refractivity contribution in [3.8, 4) is 11.5 Å². The summed E-state index contributed by atoms with van der Waals surface area (Å²) in [6.45, 7) is 3.51. The lowest BCUT2D eigenvalue weighted by Crippen LogP contribution is -2.45. The number of hydrogen-bond donors (Lipinski definition) is 0. The van der Waals surface area contributed by atoms with Gasteiger partial charge in [0.25, 0.3) is 0 Å². The first-order valence-electron chi connectivity index (χ1n) is 8.88. The molecule has 0 N–H and O–H groups in total. The van der Waals surface area contributed by atoms with E-state index in [2.05, 4.69) is 0 Å². The van der Waals surface area contributed by atoms with E-state index in [9.17, 15) is 9.59 Å². The van der Waals surface area contributed by atoms with Gasteiger partial charge in [-0.25, -0.2) is 4.79 Å². The maximum atomic E-state index is 13.0. The molecule has 0 aromatic heterocycles. The number of carbonyl (C=O) groups is 2. The largest absolute Gasteiger partial charge is 0.497 e. The number of esters is 1. The Hall–Kier alpha value is -3.28. The fraction of sp³-hybridized carbons (Fsp3) is 0.273. The molecule has 0 radical (unpaired) electrons. The van der Waals surface area contributed by atoms with E-state index in [4.69, 9.17) is 14.2 Å². The average molecular weight is 381 g/mol. The van der Waals surface area contributed by atoms with E-state index in [1.54, 1.807) is 51.4 Å². The fourth-order valence-electron chi connectivity index (χ4n) is 3.38. The van der Waals surface area contributed by atoms with Crippen LogP contribution in [0.25, 0.3) is 6.08 Å². The highest BCUT2D eigenvalue weighted by Crippen LogP contribution is 2.44. The van der Waals surface area contributed by atoms with Crippen molar-refractivity contribution in [3.05, 3.63) is 65.9 Å². The molecular formula is C22H23NO5. The van der Waals surface area contributed by atoms with Crippen molar-refractivity contribution in [2.24, 2.45) is 5.41 Å². The Morgan fingerprint density at radius 1 is 0.964 bits per heavy atom. The molecule has 1 aliphatic rings. The minimum atomic E-state index is -0.992. The van der Waals surface area contributed by atoms with Crippen LogP contribution in [-0.4, -0.2) is 31.2 Å². The molecule has 0 saturated carbocycles. The summed E-state index contributed by atoms with van der Waals surface area (Å²) in [4.78, 5) is 26.9. The fourth-order valence-corrected chi connectivity index (χ4v) is 3.38. The third kappa shape index (κ3) is 3.58. The van der Waals surface area contributed by atoms with E-state index in [0.29, 0.717) is 11.5 Å². The maximum Gasteiger partial charge on any atom is 0.419 e. The average Bonchev–Trinajstić information content (AvgIpc) is 2.72. The van der Waals surface area contributed by atoms with Gasteiger partial charge in [0.05, 0.1) is 25.7 Å². The van der Waals surface area contributed by atoms with Crippen LogP contribution < -0.4 is 9.47 Å². The number of amides is 1. The maximum absolute atomic E-state index is 13.0. The van der Waals surface area contributed by atoms with Crippen LogP contribution in [-0.2, 0) is 9.53 Å². The Labute approximate surface area is 164 Å². The monoisotopic (exact) mass is 381 g/mol. The Kier molecular flexibility index (Phi) is 5.40. The number of nitrogens with zero attached hydrogens (tertiary/aromatic N) is 1. The van der Waals surface area contributed by atoms with Crippen LogP contribution in [0.15, 0.2) is 54.7 Å². The Balaban J connectivity index is 1.95. The smallest absolute Gasteiger partial charge is 0.419 e. The molecule has 1 aliphatic heterocycles. The summed E-state index contributed by atoms with van der Waals surface area (Å²) >= 11 is 0. The molecule has 2 aromatic carbocycles. The van der Waals surface area contributed by atoms with Gasteiger partial charge in [-0.15, -0.1) is 0 Å². The standard InChI is InChI=1S/C22H23NO5/c1-22(2,20(24)27-4)19-18-8-6-5-7-15(18)13-14-23(19)21(25)28-17-11-9-16(26-3)10-12-17/h5-14,19H,1-4H3/t19-/m1/s1. The van der Waals surface area contributed by atoms with Gasteiger partial charge in [-0.1, -0.05) is 24.3 Å². The van der Waals surface area contributed by atoms with Crippen molar-refractivity contribution in [1.29, 1.82) is 0 Å². The molecule has 6 nitrogen and oxygen atoms in total. The number of fused-ring (bicyclic) bond motifs is 1. The zero-order valence-corrected chi connectivity index (χ0v) is 16.3. The van der Waals surface area contributed by atoms with Gasteiger partial charge < -0.3 is 14.2 Å². The van der Waals surface area contributed by atoms with Gasteiger partial charge in [0.2, 0.25) is 0 Å². The van der Waals surface area contributed by atoms with Crippen LogP contribution in [0.1, 0.15) is 31.0 Å². The Morgan fingerprint density at radius 2 is 1.61 bits per heavy atom. The van der Waals surface area contributed by atoms with Crippen LogP contribution in [0.3, 0.4) is 0 Å². The normalized spacial score (nSPS) is 15.6. The van der Waals surface area contributed by atoms with E-state index >= 15 is 0 Å². The van der Waals surface area contributed by atoms with Crippen molar-refractivity contribution >= 4 is 18.1 Å². The minimum absolute atomic E-state index is 0.382.